The summed E-state index contributed by atoms with van der Waals surface area (Å²) < 4.78 is 34.6. The summed E-state index contributed by atoms with van der Waals surface area (Å²) in [5.74, 6) is 0. The maximum atomic E-state index is 11.1. The summed E-state index contributed by atoms with van der Waals surface area (Å²) in [5, 5.41) is 73.0. The fraction of sp³-hybridized carbons (Fsp3) is 1.00. The second-order valence-electron chi connectivity index (χ2n) is 11.2. The lowest BCUT2D eigenvalue weighted by molar-refractivity contribution is -0.306. The smallest absolute Gasteiger partial charge is 0.187 e. The molecule has 19 nitrogen and oxygen atoms in total. The molecule has 0 amide bonds. The first kappa shape index (κ1) is 34.1. The predicted octanol–water partition coefficient (Wildman–Crippen LogP) is -8.90. The van der Waals surface area contributed by atoms with Gasteiger partial charge in [-0.2, -0.15) is 0 Å². The highest BCUT2D eigenvalue weighted by Crippen LogP contribution is 2.34. The molecule has 19 atom stereocenters. The van der Waals surface area contributed by atoms with Crippen molar-refractivity contribution in [3.8, 4) is 0 Å². The standard InChI is InChI=1S/C23H46N6O13/c24-2-7-13(32)15(34)10(28)21(37-7)40-18-6(27)1-5(26)12(31)20(18)42-23-17(36)19(9(4-30)39-23)41-22-11(29)16(35)14(33)8(3-25)38-22/h5-23,30-36H,1-4,24-29H2/t5-,6?,7?,8+,9-,10+,11-,12-,13-,14-,15-,16+,17-,18-,19-,20-,21-,22?,23+/m1/s1. The Labute approximate surface area is 241 Å². The van der Waals surface area contributed by atoms with Crippen molar-refractivity contribution < 1.29 is 64.2 Å². The zero-order valence-corrected chi connectivity index (χ0v) is 22.8. The van der Waals surface area contributed by atoms with Gasteiger partial charge < -0.3 is 98.6 Å². The van der Waals surface area contributed by atoms with E-state index in [1.54, 1.807) is 0 Å². The highest BCUT2D eigenvalue weighted by atomic mass is 16.8. The van der Waals surface area contributed by atoms with Gasteiger partial charge in [0.15, 0.2) is 18.9 Å². The fourth-order valence-corrected chi connectivity index (χ4v) is 5.74. The van der Waals surface area contributed by atoms with E-state index in [2.05, 4.69) is 0 Å². The SMILES string of the molecule is NCC1O[C@H](O[C@@H]2C(N)C[C@@H](N)[C@@H](O)[C@H]2O[C@@H]2O[C@H](CO)[C@@H](OC3O[C@@H](CN)[C@@H](O)[C@@H](O)[C@H]3N)[C@H]2O)[C@@H](N)[C@@H](O)[C@@H]1O. The Bertz CT molecular complexity index is 868. The van der Waals surface area contributed by atoms with E-state index in [1.165, 1.54) is 0 Å². The monoisotopic (exact) mass is 614 g/mol. The third-order valence-corrected chi connectivity index (χ3v) is 8.37. The molecule has 19 heteroatoms. The van der Waals surface area contributed by atoms with Gasteiger partial charge in [-0.3, -0.25) is 0 Å². The van der Waals surface area contributed by atoms with Crippen LogP contribution in [0.4, 0.5) is 0 Å². The number of aliphatic hydroxyl groups excluding tert-OH is 7. The quantitative estimate of drug-likeness (QED) is 0.115. The maximum absolute atomic E-state index is 11.1. The number of aliphatic hydroxyl groups is 7. The Hall–Kier alpha value is -0.760. The number of rotatable bonds is 9. The van der Waals surface area contributed by atoms with E-state index in [0.29, 0.717) is 0 Å². The van der Waals surface area contributed by atoms with Crippen molar-refractivity contribution in [2.24, 2.45) is 34.4 Å². The second kappa shape index (κ2) is 14.1. The molecule has 42 heavy (non-hydrogen) atoms. The lowest BCUT2D eigenvalue weighted by Gasteiger charge is -2.47. The average Bonchev–Trinajstić information content (AvgIpc) is 3.27. The molecule has 4 fully saturated rings. The second-order valence-corrected chi connectivity index (χ2v) is 11.2. The molecular weight excluding hydrogens is 568 g/mol. The number of nitrogens with two attached hydrogens (primary N) is 6. The van der Waals surface area contributed by atoms with E-state index < -0.39 is 123 Å². The van der Waals surface area contributed by atoms with Gasteiger partial charge in [-0.05, 0) is 6.42 Å². The number of hydrogen-bond acceptors (Lipinski definition) is 19. The molecule has 0 spiro atoms. The minimum Gasteiger partial charge on any atom is -0.394 e. The van der Waals surface area contributed by atoms with Crippen molar-refractivity contribution in [3.05, 3.63) is 0 Å². The van der Waals surface area contributed by atoms with E-state index >= 15 is 0 Å². The van der Waals surface area contributed by atoms with E-state index in [4.69, 9.17) is 62.8 Å². The van der Waals surface area contributed by atoms with E-state index in [-0.39, 0.29) is 19.5 Å². The molecule has 246 valence electrons. The number of hydrogen-bond donors (Lipinski definition) is 13. The molecule has 3 saturated heterocycles. The normalized spacial score (nSPS) is 53.8. The largest absolute Gasteiger partial charge is 0.394 e. The fourth-order valence-electron chi connectivity index (χ4n) is 5.74. The Kier molecular flexibility index (Phi) is 11.5. The molecule has 1 saturated carbocycles. The van der Waals surface area contributed by atoms with Crippen LogP contribution in [0.5, 0.6) is 0 Å². The van der Waals surface area contributed by atoms with Crippen LogP contribution in [-0.2, 0) is 28.4 Å². The molecule has 0 bridgehead atoms. The molecule has 4 aliphatic rings. The van der Waals surface area contributed by atoms with E-state index in [0.717, 1.165) is 0 Å². The Morgan fingerprint density at radius 1 is 0.524 bits per heavy atom. The van der Waals surface area contributed by atoms with Crippen LogP contribution in [0.2, 0.25) is 0 Å². The Morgan fingerprint density at radius 3 is 1.45 bits per heavy atom. The van der Waals surface area contributed by atoms with Crippen LogP contribution in [0.1, 0.15) is 6.42 Å². The Morgan fingerprint density at radius 2 is 0.976 bits per heavy atom. The molecule has 1 aliphatic carbocycles. The lowest BCUT2D eigenvalue weighted by Crippen LogP contribution is -2.68. The van der Waals surface area contributed by atoms with Crippen LogP contribution in [0.25, 0.3) is 0 Å². The summed E-state index contributed by atoms with van der Waals surface area (Å²) in [5.41, 5.74) is 35.6. The molecule has 0 aromatic heterocycles. The summed E-state index contributed by atoms with van der Waals surface area (Å²) in [6, 6.07) is -4.18. The first-order valence-corrected chi connectivity index (χ1v) is 13.9. The zero-order chi connectivity index (χ0) is 31.0. The molecule has 3 heterocycles. The average molecular weight is 615 g/mol. The molecule has 3 aliphatic heterocycles. The van der Waals surface area contributed by atoms with Crippen molar-refractivity contribution in [3.63, 3.8) is 0 Å². The first-order valence-electron chi connectivity index (χ1n) is 13.9. The minimum absolute atomic E-state index is 0.0889. The van der Waals surface area contributed by atoms with Gasteiger partial charge >= 0.3 is 0 Å². The highest BCUT2D eigenvalue weighted by molar-refractivity contribution is 5.02. The molecule has 0 aromatic rings. The summed E-state index contributed by atoms with van der Waals surface area (Å²) in [7, 11) is 0. The van der Waals surface area contributed by atoms with Gasteiger partial charge in [0, 0.05) is 25.2 Å². The van der Waals surface area contributed by atoms with Gasteiger partial charge in [0.25, 0.3) is 0 Å². The predicted molar refractivity (Wildman–Crippen MR) is 138 cm³/mol. The van der Waals surface area contributed by atoms with Crippen LogP contribution >= 0.6 is 0 Å². The van der Waals surface area contributed by atoms with E-state index in [1.807, 2.05) is 0 Å². The van der Waals surface area contributed by atoms with Crippen molar-refractivity contribution in [2.45, 2.75) is 123 Å². The van der Waals surface area contributed by atoms with Crippen molar-refractivity contribution >= 4 is 0 Å². The lowest BCUT2D eigenvalue weighted by atomic mass is 9.84. The zero-order valence-electron chi connectivity index (χ0n) is 22.8. The van der Waals surface area contributed by atoms with Gasteiger partial charge in [0.2, 0.25) is 0 Å². The summed E-state index contributed by atoms with van der Waals surface area (Å²) >= 11 is 0. The van der Waals surface area contributed by atoms with Gasteiger partial charge in [-0.1, -0.05) is 0 Å². The van der Waals surface area contributed by atoms with Crippen LogP contribution in [-0.4, -0.2) is 172 Å². The van der Waals surface area contributed by atoms with Crippen LogP contribution in [0.3, 0.4) is 0 Å². The topological polar surface area (TPSA) is 353 Å². The van der Waals surface area contributed by atoms with Crippen LogP contribution in [0, 0.1) is 0 Å². The van der Waals surface area contributed by atoms with Crippen LogP contribution < -0.4 is 34.4 Å². The summed E-state index contributed by atoms with van der Waals surface area (Å²) in [6.07, 6.45) is -19.8. The van der Waals surface area contributed by atoms with Crippen molar-refractivity contribution in [1.82, 2.24) is 0 Å². The van der Waals surface area contributed by atoms with Crippen molar-refractivity contribution in [1.29, 1.82) is 0 Å². The summed E-state index contributed by atoms with van der Waals surface area (Å²) in [4.78, 5) is 0. The number of ether oxygens (including phenoxy) is 6. The first-order chi connectivity index (χ1) is 19.8. The third kappa shape index (κ3) is 6.60. The molecular formula is C23H46N6O13. The van der Waals surface area contributed by atoms with Crippen molar-refractivity contribution in [2.75, 3.05) is 19.7 Å². The van der Waals surface area contributed by atoms with Gasteiger partial charge in [0.1, 0.15) is 67.1 Å². The van der Waals surface area contributed by atoms with Gasteiger partial charge in [0.05, 0.1) is 24.8 Å². The van der Waals surface area contributed by atoms with E-state index in [9.17, 15) is 35.7 Å². The Balaban J connectivity index is 1.50. The van der Waals surface area contributed by atoms with Gasteiger partial charge in [-0.15, -0.1) is 0 Å². The minimum atomic E-state index is -1.60. The van der Waals surface area contributed by atoms with Gasteiger partial charge in [-0.25, -0.2) is 0 Å². The molecule has 0 radical (unpaired) electrons. The summed E-state index contributed by atoms with van der Waals surface area (Å²) in [6.45, 7) is -0.967. The molecule has 0 aromatic carbocycles. The highest BCUT2D eigenvalue weighted by Gasteiger charge is 2.54. The molecule has 19 N–H and O–H groups in total. The molecule has 4 rings (SSSR count). The van der Waals surface area contributed by atoms with Crippen LogP contribution in [0.15, 0.2) is 0 Å². The third-order valence-electron chi connectivity index (χ3n) is 8.37. The molecule has 3 unspecified atom stereocenters. The maximum Gasteiger partial charge on any atom is 0.187 e.